The second kappa shape index (κ2) is 9.67. The first-order chi connectivity index (χ1) is 17.6. The highest BCUT2D eigenvalue weighted by molar-refractivity contribution is 5.85. The fourth-order valence-electron chi connectivity index (χ4n) is 5.12. The van der Waals surface area contributed by atoms with E-state index in [9.17, 15) is 4.39 Å². The molecule has 2 N–H and O–H groups in total. The lowest BCUT2D eigenvalue weighted by Crippen LogP contribution is -2.40. The smallest absolute Gasteiger partial charge is 0.158 e. The van der Waals surface area contributed by atoms with E-state index in [1.54, 1.807) is 18.5 Å². The minimum Gasteiger partial charge on any atom is -0.338 e. The number of hydrogen-bond donors (Lipinski definition) is 2. The Morgan fingerprint density at radius 2 is 2.00 bits per heavy atom. The summed E-state index contributed by atoms with van der Waals surface area (Å²) >= 11 is 0. The predicted molar refractivity (Wildman–Crippen MR) is 139 cm³/mol. The van der Waals surface area contributed by atoms with Crippen LogP contribution in [0.25, 0.3) is 16.4 Å². The normalized spacial score (nSPS) is 14.8. The Morgan fingerprint density at radius 1 is 1.11 bits per heavy atom. The number of benzene rings is 2. The molecule has 0 radical (unpaired) electrons. The third-order valence-electron chi connectivity index (χ3n) is 7.02. The van der Waals surface area contributed by atoms with Gasteiger partial charge in [-0.2, -0.15) is 10.2 Å². The first-order valence-electron chi connectivity index (χ1n) is 12.3. The molecular weight excluding hydrogens is 455 g/mol. The van der Waals surface area contributed by atoms with Crippen LogP contribution in [0.1, 0.15) is 24.0 Å². The molecule has 8 nitrogen and oxygen atoms in total. The van der Waals surface area contributed by atoms with Gasteiger partial charge in [0.05, 0.1) is 18.3 Å². The highest BCUT2D eigenvalue weighted by Crippen LogP contribution is 2.27. The van der Waals surface area contributed by atoms with Gasteiger partial charge in [-0.1, -0.05) is 12.1 Å². The van der Waals surface area contributed by atoms with E-state index in [0.29, 0.717) is 12.6 Å². The van der Waals surface area contributed by atoms with Crippen molar-refractivity contribution in [1.29, 1.82) is 0 Å². The van der Waals surface area contributed by atoms with Gasteiger partial charge in [0, 0.05) is 29.9 Å². The van der Waals surface area contributed by atoms with E-state index in [2.05, 4.69) is 49.9 Å². The van der Waals surface area contributed by atoms with Crippen molar-refractivity contribution < 1.29 is 4.39 Å². The number of halogens is 1. The Kier molecular flexibility index (Phi) is 6.08. The maximum atomic E-state index is 13.6. The summed E-state index contributed by atoms with van der Waals surface area (Å²) in [6.45, 7) is 3.50. The molecule has 0 bridgehead atoms. The predicted octanol–water partition coefficient (Wildman–Crippen LogP) is 4.19. The van der Waals surface area contributed by atoms with Gasteiger partial charge < -0.3 is 10.6 Å². The second-order valence-electron chi connectivity index (χ2n) is 9.47. The molecule has 36 heavy (non-hydrogen) atoms. The maximum Gasteiger partial charge on any atom is 0.158 e. The highest BCUT2D eigenvalue weighted by atomic mass is 19.1. The Bertz CT molecular complexity index is 1500. The monoisotopic (exact) mass is 484 g/mol. The molecule has 184 valence electrons. The molecule has 5 aromatic rings. The number of anilines is 2. The summed E-state index contributed by atoms with van der Waals surface area (Å²) in [6, 6.07) is 15.5. The average Bonchev–Trinajstić information content (AvgIpc) is 3.49. The summed E-state index contributed by atoms with van der Waals surface area (Å²) in [6.07, 6.45) is 7.73. The molecule has 0 amide bonds. The van der Waals surface area contributed by atoms with Gasteiger partial charge in [-0.05, 0) is 80.5 Å². The first kappa shape index (κ1) is 22.6. The van der Waals surface area contributed by atoms with Crippen molar-refractivity contribution in [2.45, 2.75) is 32.0 Å². The number of fused-ring (bicyclic) bond motifs is 2. The quantitative estimate of drug-likeness (QED) is 0.361. The fraction of sp³-hybridized carbons (Fsp3) is 0.296. The molecule has 0 atom stereocenters. The molecular formula is C27H29FN8. The third-order valence-corrected chi connectivity index (χ3v) is 7.02. The van der Waals surface area contributed by atoms with Crippen LogP contribution in [-0.4, -0.2) is 55.5 Å². The zero-order valence-corrected chi connectivity index (χ0v) is 20.2. The van der Waals surface area contributed by atoms with Crippen LogP contribution in [0.3, 0.4) is 0 Å². The molecule has 2 aromatic carbocycles. The third kappa shape index (κ3) is 4.55. The lowest BCUT2D eigenvalue weighted by Gasteiger charge is -2.31. The number of rotatable bonds is 7. The van der Waals surface area contributed by atoms with Crippen LogP contribution in [0.5, 0.6) is 0 Å². The summed E-state index contributed by atoms with van der Waals surface area (Å²) < 4.78 is 17.4. The summed E-state index contributed by atoms with van der Waals surface area (Å²) in [5, 5.41) is 16.9. The van der Waals surface area contributed by atoms with Crippen LogP contribution in [0, 0.1) is 5.82 Å². The lowest BCUT2D eigenvalue weighted by molar-refractivity contribution is 0.192. The summed E-state index contributed by atoms with van der Waals surface area (Å²) in [5.41, 5.74) is 4.97. The average molecular weight is 485 g/mol. The van der Waals surface area contributed by atoms with Gasteiger partial charge in [-0.3, -0.25) is 9.58 Å². The number of piperidine rings is 1. The molecule has 4 heterocycles. The Balaban J connectivity index is 1.25. The molecule has 9 heteroatoms. The van der Waals surface area contributed by atoms with Gasteiger partial charge in [0.15, 0.2) is 5.82 Å². The van der Waals surface area contributed by atoms with Crippen molar-refractivity contribution in [3.63, 3.8) is 0 Å². The van der Waals surface area contributed by atoms with Crippen LogP contribution in [0.2, 0.25) is 0 Å². The highest BCUT2D eigenvalue weighted by Gasteiger charge is 2.20. The lowest BCUT2D eigenvalue weighted by atomic mass is 10.0. The van der Waals surface area contributed by atoms with Crippen molar-refractivity contribution in [2.24, 2.45) is 0 Å². The summed E-state index contributed by atoms with van der Waals surface area (Å²) in [5.74, 6) is 0.536. The van der Waals surface area contributed by atoms with Crippen molar-refractivity contribution in [3.8, 4) is 0 Å². The molecule has 3 aromatic heterocycles. The molecule has 0 spiro atoms. The first-order valence-corrected chi connectivity index (χ1v) is 12.3. The summed E-state index contributed by atoms with van der Waals surface area (Å²) in [7, 11) is 2.20. The molecule has 0 unspecified atom stereocenters. The van der Waals surface area contributed by atoms with E-state index in [1.807, 2.05) is 39.8 Å². The summed E-state index contributed by atoms with van der Waals surface area (Å²) in [4.78, 5) is 7.01. The number of nitrogens with one attached hydrogen (secondary N) is 2. The van der Waals surface area contributed by atoms with Crippen LogP contribution >= 0.6 is 0 Å². The van der Waals surface area contributed by atoms with Crippen molar-refractivity contribution in [3.05, 3.63) is 84.2 Å². The van der Waals surface area contributed by atoms with E-state index < -0.39 is 0 Å². The maximum absolute atomic E-state index is 13.6. The Morgan fingerprint density at radius 3 is 2.86 bits per heavy atom. The number of aromatic nitrogens is 5. The Labute approximate surface area is 208 Å². The molecule has 6 rings (SSSR count). The van der Waals surface area contributed by atoms with Crippen molar-refractivity contribution >= 4 is 27.9 Å². The van der Waals surface area contributed by atoms with Gasteiger partial charge in [-0.25, -0.2) is 13.9 Å². The zero-order valence-electron chi connectivity index (χ0n) is 20.2. The van der Waals surface area contributed by atoms with Crippen LogP contribution < -0.4 is 10.6 Å². The molecule has 1 aliphatic heterocycles. The zero-order chi connectivity index (χ0) is 24.5. The molecule has 0 aliphatic carbocycles. The van der Waals surface area contributed by atoms with E-state index in [4.69, 9.17) is 0 Å². The SMILES string of the molecule is CN(Cc1ccn2ncnc(Nc3ccc4c(cnn4Cc4cccc(F)c4)c3)c12)C1CCNCC1. The topological polar surface area (TPSA) is 75.3 Å². The van der Waals surface area contributed by atoms with Gasteiger partial charge in [-0.15, -0.1) is 0 Å². The van der Waals surface area contributed by atoms with Crippen LogP contribution in [0.4, 0.5) is 15.9 Å². The van der Waals surface area contributed by atoms with E-state index in [-0.39, 0.29) is 5.82 Å². The van der Waals surface area contributed by atoms with Gasteiger partial charge in [0.25, 0.3) is 0 Å². The fourth-order valence-corrected chi connectivity index (χ4v) is 5.12. The molecule has 1 aliphatic rings. The minimum atomic E-state index is -0.238. The Hall–Kier alpha value is -3.82. The van der Waals surface area contributed by atoms with Gasteiger partial charge in [0.1, 0.15) is 17.7 Å². The van der Waals surface area contributed by atoms with Gasteiger partial charge >= 0.3 is 0 Å². The van der Waals surface area contributed by atoms with E-state index >= 15 is 0 Å². The minimum absolute atomic E-state index is 0.238. The van der Waals surface area contributed by atoms with E-state index in [0.717, 1.165) is 66.0 Å². The molecule has 1 saturated heterocycles. The number of hydrogen-bond acceptors (Lipinski definition) is 6. The standard InChI is InChI=1S/C27H29FN8/c1-34(24-7-10-29-11-8-24)17-20-9-12-35-26(20)27(30-18-32-35)33-23-5-6-25-21(14-23)15-31-36(25)16-19-3-2-4-22(28)13-19/h2-6,9,12-15,18,24,29H,7-8,10-11,16-17H2,1H3,(H,30,32,33). The number of nitrogens with zero attached hydrogens (tertiary/aromatic N) is 6. The van der Waals surface area contributed by atoms with Crippen LogP contribution in [0.15, 0.2) is 67.3 Å². The van der Waals surface area contributed by atoms with Gasteiger partial charge in [0.2, 0.25) is 0 Å². The second-order valence-corrected chi connectivity index (χ2v) is 9.47. The molecule has 0 saturated carbocycles. The van der Waals surface area contributed by atoms with Crippen LogP contribution in [-0.2, 0) is 13.1 Å². The van der Waals surface area contributed by atoms with Crippen molar-refractivity contribution in [1.82, 2.24) is 34.6 Å². The molecule has 1 fully saturated rings. The van der Waals surface area contributed by atoms with Crippen molar-refractivity contribution in [2.75, 3.05) is 25.5 Å². The van der Waals surface area contributed by atoms with E-state index in [1.165, 1.54) is 11.6 Å². The largest absolute Gasteiger partial charge is 0.338 e.